The minimum atomic E-state index is -3.27. The summed E-state index contributed by atoms with van der Waals surface area (Å²) in [5, 5.41) is 0. The second-order valence-corrected chi connectivity index (χ2v) is 2.38. The molecule has 2 aliphatic carbocycles. The lowest BCUT2D eigenvalue weighted by molar-refractivity contribution is 0.266. The van der Waals surface area contributed by atoms with Crippen LogP contribution in [0.15, 0.2) is 0 Å². The van der Waals surface area contributed by atoms with Gasteiger partial charge >= 0.3 is 0 Å². The average molecular weight is 150 g/mol. The van der Waals surface area contributed by atoms with E-state index in [-0.39, 0.29) is 0 Å². The van der Waals surface area contributed by atoms with Gasteiger partial charge in [0, 0.05) is 16.4 Å². The third kappa shape index (κ3) is 0.810. The van der Waals surface area contributed by atoms with Gasteiger partial charge in [0.2, 0.25) is 0 Å². The summed E-state index contributed by atoms with van der Waals surface area (Å²) in [6.07, 6.45) is -12.4. The lowest BCUT2D eigenvalue weighted by Crippen LogP contribution is -2.14. The van der Waals surface area contributed by atoms with Gasteiger partial charge in [-0.25, -0.2) is 0 Å². The number of rotatable bonds is 1. The molecule has 2 fully saturated rings. The Bertz CT molecular complexity index is 533. The molecule has 4 atom stereocenters. The molecule has 2 aliphatic rings. The fourth-order valence-electron chi connectivity index (χ4n) is 1.12. The van der Waals surface area contributed by atoms with E-state index in [0.717, 1.165) is 13.8 Å². The molecule has 0 radical (unpaired) electrons. The first-order valence-electron chi connectivity index (χ1n) is 9.25. The Kier molecular flexibility index (Phi) is 0.345. The molecule has 0 aliphatic heterocycles. The topological polar surface area (TPSA) is 0 Å². The molecule has 58 valence electrons. The van der Waals surface area contributed by atoms with Crippen LogP contribution in [0.4, 0.5) is 0 Å². The van der Waals surface area contributed by atoms with Crippen LogP contribution in [0.1, 0.15) is 55.8 Å². The number of hydrogen-bond acceptors (Lipinski definition) is 0. The van der Waals surface area contributed by atoms with E-state index in [1.165, 1.54) is 0 Å². The first kappa shape index (κ1) is 1.53. The Morgan fingerprint density at radius 2 is 2.30 bits per heavy atom. The maximum atomic E-state index is 8.36. The van der Waals surface area contributed by atoms with E-state index in [9.17, 15) is 0 Å². The summed E-state index contributed by atoms with van der Waals surface area (Å²) < 4.78 is 97.1. The van der Waals surface area contributed by atoms with E-state index in [4.69, 9.17) is 16.4 Å². The van der Waals surface area contributed by atoms with Gasteiger partial charge in [-0.3, -0.25) is 0 Å². The molecular weight excluding hydrogens is 120 g/mol. The van der Waals surface area contributed by atoms with E-state index < -0.39 is 49.1 Å². The molecule has 0 spiro atoms. The van der Waals surface area contributed by atoms with E-state index >= 15 is 0 Å². The van der Waals surface area contributed by atoms with Crippen LogP contribution in [0.5, 0.6) is 0 Å². The zero-order valence-corrected chi connectivity index (χ0v) is 6.00. The molecule has 0 N–H and O–H groups in total. The SMILES string of the molecule is [2H]C([2H])(C)C1([2H])C([2H])([2H])C2([2H])C([2H])([2H])C1([2H])C([2H])([2H])C2([2H])C. The van der Waals surface area contributed by atoms with Crippen LogP contribution in [-0.4, -0.2) is 0 Å². The molecule has 10 heavy (non-hydrogen) atoms. The summed E-state index contributed by atoms with van der Waals surface area (Å²) in [5.41, 5.74) is 0. The maximum Gasteiger partial charge on any atom is 0.0306 e. The van der Waals surface area contributed by atoms with Crippen LogP contribution in [0, 0.1) is 23.6 Å². The molecular formula is C10H18. The second kappa shape index (κ2) is 2.25. The highest BCUT2D eigenvalue weighted by atomic mass is 14.5. The van der Waals surface area contributed by atoms with Gasteiger partial charge in [0.1, 0.15) is 0 Å². The Labute approximate surface area is 80.9 Å². The lowest BCUT2D eigenvalue weighted by Gasteiger charge is -2.24. The smallest absolute Gasteiger partial charge is 0.0306 e. The van der Waals surface area contributed by atoms with Crippen molar-refractivity contribution < 1.29 is 16.4 Å². The van der Waals surface area contributed by atoms with Gasteiger partial charge in [0.25, 0.3) is 0 Å². The zero-order chi connectivity index (χ0) is 18.0. The summed E-state index contributed by atoms with van der Waals surface area (Å²) in [4.78, 5) is 0. The first-order chi connectivity index (χ1) is 9.25. The van der Waals surface area contributed by atoms with Gasteiger partial charge < -0.3 is 0 Å². The molecule has 2 rings (SSSR count). The van der Waals surface area contributed by atoms with Crippen LogP contribution >= 0.6 is 0 Å². The van der Waals surface area contributed by atoms with Crippen LogP contribution in [0.25, 0.3) is 0 Å². The molecule has 0 saturated heterocycles. The highest BCUT2D eigenvalue weighted by Gasteiger charge is 2.42. The molecule has 0 amide bonds. The van der Waals surface area contributed by atoms with Crippen molar-refractivity contribution in [1.82, 2.24) is 0 Å². The summed E-state index contributed by atoms with van der Waals surface area (Å²) >= 11 is 0. The quantitative estimate of drug-likeness (QED) is 0.539. The Morgan fingerprint density at radius 1 is 1.50 bits per heavy atom. The molecule has 4 unspecified atom stereocenters. The molecule has 0 aromatic heterocycles. The molecule has 2 bridgehead atoms. The summed E-state index contributed by atoms with van der Waals surface area (Å²) in [7, 11) is 0. The van der Waals surface area contributed by atoms with E-state index in [1.807, 2.05) is 0 Å². The van der Waals surface area contributed by atoms with Crippen molar-refractivity contribution in [3.05, 3.63) is 0 Å². The number of hydrogen-bond donors (Lipinski definition) is 0. The summed E-state index contributed by atoms with van der Waals surface area (Å²) in [5.74, 6) is -12.3. The van der Waals surface area contributed by atoms with Gasteiger partial charge in [-0.1, -0.05) is 20.2 Å². The lowest BCUT2D eigenvalue weighted by atomic mass is 9.82. The van der Waals surface area contributed by atoms with Gasteiger partial charge in [-0.05, 0) is 42.7 Å². The zero-order valence-electron chi connectivity index (χ0n) is 18.0. The third-order valence-electron chi connectivity index (χ3n) is 1.69. The van der Waals surface area contributed by atoms with Gasteiger partial charge in [-0.2, -0.15) is 0 Å². The molecule has 0 heterocycles. The summed E-state index contributed by atoms with van der Waals surface area (Å²) in [6.45, 7) is 1.63. The highest BCUT2D eigenvalue weighted by molar-refractivity contribution is 4.92. The summed E-state index contributed by atoms with van der Waals surface area (Å²) in [6, 6.07) is 0. The first-order valence-corrected chi connectivity index (χ1v) is 3.25. The largest absolute Gasteiger partial charge is 0.0651 e. The average Bonchev–Trinajstić information content (AvgIpc) is 2.41. The van der Waals surface area contributed by atoms with E-state index in [1.54, 1.807) is 0 Å². The predicted octanol–water partition coefficient (Wildman–Crippen LogP) is 3.08. The monoisotopic (exact) mass is 150 g/mol. The second-order valence-electron chi connectivity index (χ2n) is 2.38. The van der Waals surface area contributed by atoms with Gasteiger partial charge in [0.05, 0.1) is 0 Å². The molecule has 2 saturated carbocycles. The molecule has 0 heteroatoms. The van der Waals surface area contributed by atoms with Crippen molar-refractivity contribution in [2.24, 2.45) is 23.6 Å². The normalized spacial score (nSPS) is 116. The standard InChI is InChI=1S/C10H18/c1-3-8-5-9-6-10(8)4-7(9)2/h7-10H,3-6H2,1-2H3/i3D2,4D2,5D2,6D2,7D,8D,9D,10D. The Balaban J connectivity index is 3.06. The predicted molar refractivity (Wildman–Crippen MR) is 43.8 cm³/mol. The fourth-order valence-corrected chi connectivity index (χ4v) is 1.12. The van der Waals surface area contributed by atoms with Crippen LogP contribution in [0.3, 0.4) is 0 Å². The van der Waals surface area contributed by atoms with Crippen LogP contribution in [-0.2, 0) is 0 Å². The molecule has 0 nitrogen and oxygen atoms in total. The van der Waals surface area contributed by atoms with Crippen molar-refractivity contribution in [1.29, 1.82) is 0 Å². The van der Waals surface area contributed by atoms with Crippen molar-refractivity contribution in [2.75, 3.05) is 0 Å². The van der Waals surface area contributed by atoms with Crippen molar-refractivity contribution >= 4 is 0 Å². The fraction of sp³-hybridized carbons (Fsp3) is 1.00. The maximum absolute atomic E-state index is 8.36. The number of fused-ring (bicyclic) bond motifs is 2. The van der Waals surface area contributed by atoms with Crippen molar-refractivity contribution in [3.63, 3.8) is 0 Å². The highest BCUT2D eigenvalue weighted by Crippen LogP contribution is 2.52. The van der Waals surface area contributed by atoms with Crippen molar-refractivity contribution in [3.8, 4) is 0 Å². The molecule has 0 aromatic carbocycles. The van der Waals surface area contributed by atoms with Crippen molar-refractivity contribution in [2.45, 2.75) is 39.3 Å². The van der Waals surface area contributed by atoms with E-state index in [2.05, 4.69) is 0 Å². The van der Waals surface area contributed by atoms with Gasteiger partial charge in [-0.15, -0.1) is 0 Å². The van der Waals surface area contributed by atoms with E-state index in [0.29, 0.717) is 0 Å². The minimum Gasteiger partial charge on any atom is -0.0651 e. The molecule has 0 aromatic rings. The Morgan fingerprint density at radius 3 is 2.90 bits per heavy atom. The van der Waals surface area contributed by atoms with Gasteiger partial charge in [0.15, 0.2) is 0 Å². The Hall–Kier alpha value is 0. The van der Waals surface area contributed by atoms with Crippen LogP contribution in [0.2, 0.25) is 0 Å². The third-order valence-corrected chi connectivity index (χ3v) is 1.69. The van der Waals surface area contributed by atoms with Crippen LogP contribution < -0.4 is 0 Å². The minimum absolute atomic E-state index is 0.783.